The van der Waals surface area contributed by atoms with Crippen molar-refractivity contribution in [1.29, 1.82) is 0 Å². The standard InChI is InChI=1S/C27H26ClN5O4/c1-31-22(24(34)17-8-3-2-4-9-17)14-21-23(25(31)35)33(15-18-10-5-6-12-20(18)28)26(30-21)32-13-7-11-19(16-32)29-27(36)37/h2-6,8-10,12,14,19,29H,7,11,13,15-16H2,1H3,(H,36,37)/t19-/m1/s1. The number of halogens is 1. The van der Waals surface area contributed by atoms with Crippen molar-refractivity contribution in [2.45, 2.75) is 25.4 Å². The average Bonchev–Trinajstić information content (AvgIpc) is 3.25. The molecule has 0 aliphatic carbocycles. The van der Waals surface area contributed by atoms with Gasteiger partial charge in [-0.15, -0.1) is 0 Å². The number of carbonyl (C=O) groups is 2. The molecule has 0 spiro atoms. The number of piperidine rings is 1. The fraction of sp³-hybridized carbons (Fsp3) is 0.259. The number of pyridine rings is 1. The molecule has 1 fully saturated rings. The molecular weight excluding hydrogens is 494 g/mol. The van der Waals surface area contributed by atoms with E-state index in [1.807, 2.05) is 33.7 Å². The Balaban J connectivity index is 1.66. The molecule has 5 rings (SSSR count). The van der Waals surface area contributed by atoms with Gasteiger partial charge in [0.2, 0.25) is 11.7 Å². The number of fused-ring (bicyclic) bond motifs is 1. The minimum Gasteiger partial charge on any atom is -0.465 e. The number of hydrogen-bond acceptors (Lipinski definition) is 5. The molecule has 190 valence electrons. The lowest BCUT2D eigenvalue weighted by atomic mass is 10.1. The first kappa shape index (κ1) is 24.6. The summed E-state index contributed by atoms with van der Waals surface area (Å²) in [6.07, 6.45) is 0.399. The molecule has 0 bridgehead atoms. The topological polar surface area (TPSA) is 109 Å². The maximum absolute atomic E-state index is 13.7. The third-order valence-corrected chi connectivity index (χ3v) is 7.07. The van der Waals surface area contributed by atoms with Crippen molar-refractivity contribution in [3.8, 4) is 0 Å². The van der Waals surface area contributed by atoms with Crippen molar-refractivity contribution in [2.24, 2.45) is 7.05 Å². The predicted molar refractivity (Wildman–Crippen MR) is 142 cm³/mol. The molecule has 37 heavy (non-hydrogen) atoms. The van der Waals surface area contributed by atoms with Gasteiger partial charge in [-0.1, -0.05) is 60.1 Å². The molecule has 1 amide bonds. The monoisotopic (exact) mass is 519 g/mol. The van der Waals surface area contributed by atoms with E-state index in [0.717, 1.165) is 12.0 Å². The van der Waals surface area contributed by atoms with Crippen molar-refractivity contribution in [3.05, 3.63) is 92.9 Å². The molecule has 1 aliphatic rings. The first-order valence-electron chi connectivity index (χ1n) is 12.0. The van der Waals surface area contributed by atoms with Crippen LogP contribution in [0.15, 0.2) is 65.5 Å². The third-order valence-electron chi connectivity index (χ3n) is 6.70. The highest BCUT2D eigenvalue weighted by atomic mass is 35.5. The van der Waals surface area contributed by atoms with Crippen LogP contribution < -0.4 is 15.8 Å². The molecule has 2 aromatic heterocycles. The molecule has 3 heterocycles. The fourth-order valence-electron chi connectivity index (χ4n) is 4.87. The lowest BCUT2D eigenvalue weighted by Crippen LogP contribution is -2.48. The lowest BCUT2D eigenvalue weighted by molar-refractivity contribution is 0.103. The van der Waals surface area contributed by atoms with Gasteiger partial charge in [-0.2, -0.15) is 0 Å². The number of nitrogens with one attached hydrogen (secondary N) is 1. The second kappa shape index (κ2) is 10.1. The number of aromatic nitrogens is 3. The second-order valence-electron chi connectivity index (χ2n) is 9.15. The molecule has 2 N–H and O–H groups in total. The Morgan fingerprint density at radius 3 is 2.59 bits per heavy atom. The minimum absolute atomic E-state index is 0.238. The zero-order valence-electron chi connectivity index (χ0n) is 20.2. The van der Waals surface area contributed by atoms with E-state index < -0.39 is 6.09 Å². The van der Waals surface area contributed by atoms with Crippen LogP contribution in [0.25, 0.3) is 11.0 Å². The van der Waals surface area contributed by atoms with E-state index in [0.29, 0.717) is 53.6 Å². The highest BCUT2D eigenvalue weighted by molar-refractivity contribution is 6.31. The Bertz CT molecular complexity index is 1550. The number of anilines is 1. The molecule has 0 unspecified atom stereocenters. The van der Waals surface area contributed by atoms with E-state index in [2.05, 4.69) is 5.32 Å². The average molecular weight is 520 g/mol. The summed E-state index contributed by atoms with van der Waals surface area (Å²) < 4.78 is 3.18. The maximum atomic E-state index is 13.7. The van der Waals surface area contributed by atoms with E-state index in [-0.39, 0.29) is 23.1 Å². The van der Waals surface area contributed by atoms with Gasteiger partial charge in [0.1, 0.15) is 5.52 Å². The SMILES string of the molecule is Cn1c(C(=O)c2ccccc2)cc2nc(N3CCC[C@@H](NC(=O)O)C3)n(Cc3ccccc3Cl)c2c1=O. The summed E-state index contributed by atoms with van der Waals surface area (Å²) in [5.41, 5.74) is 1.94. The Morgan fingerprint density at radius 1 is 1.14 bits per heavy atom. The van der Waals surface area contributed by atoms with Crippen molar-refractivity contribution in [1.82, 2.24) is 19.4 Å². The molecule has 9 nitrogen and oxygen atoms in total. The first-order valence-corrected chi connectivity index (χ1v) is 12.4. The Morgan fingerprint density at radius 2 is 1.86 bits per heavy atom. The van der Waals surface area contributed by atoms with Gasteiger partial charge in [-0.3, -0.25) is 9.59 Å². The molecule has 1 atom stereocenters. The predicted octanol–water partition coefficient (Wildman–Crippen LogP) is 3.90. The van der Waals surface area contributed by atoms with Crippen molar-refractivity contribution in [2.75, 3.05) is 18.0 Å². The zero-order chi connectivity index (χ0) is 26.1. The number of nitrogens with zero attached hydrogens (tertiary/aromatic N) is 4. The van der Waals surface area contributed by atoms with Crippen LogP contribution in [0.1, 0.15) is 34.5 Å². The molecule has 0 saturated carbocycles. The largest absolute Gasteiger partial charge is 0.465 e. The van der Waals surface area contributed by atoms with Crippen LogP contribution in [0, 0.1) is 0 Å². The number of imidazole rings is 1. The third kappa shape index (κ3) is 4.82. The summed E-state index contributed by atoms with van der Waals surface area (Å²) in [6, 6.07) is 17.6. The van der Waals surface area contributed by atoms with Crippen LogP contribution in [0.4, 0.5) is 10.7 Å². The summed E-state index contributed by atoms with van der Waals surface area (Å²) in [5.74, 6) is 0.265. The number of rotatable bonds is 6. The fourth-order valence-corrected chi connectivity index (χ4v) is 5.07. The summed E-state index contributed by atoms with van der Waals surface area (Å²) in [7, 11) is 1.58. The van der Waals surface area contributed by atoms with Crippen LogP contribution in [0.3, 0.4) is 0 Å². The normalized spacial score (nSPS) is 15.6. The zero-order valence-corrected chi connectivity index (χ0v) is 21.0. The maximum Gasteiger partial charge on any atom is 0.404 e. The number of carboxylic acid groups (broad SMARTS) is 1. The molecule has 2 aromatic carbocycles. The quantitative estimate of drug-likeness (QED) is 0.374. The van der Waals surface area contributed by atoms with Gasteiger partial charge in [0.05, 0.1) is 17.8 Å². The highest BCUT2D eigenvalue weighted by Crippen LogP contribution is 2.27. The molecular formula is C27H26ClN5O4. The number of hydrogen-bond donors (Lipinski definition) is 2. The van der Waals surface area contributed by atoms with Crippen LogP contribution in [0.2, 0.25) is 5.02 Å². The number of amides is 1. The molecule has 0 radical (unpaired) electrons. The van der Waals surface area contributed by atoms with E-state index >= 15 is 0 Å². The molecule has 1 saturated heterocycles. The van der Waals surface area contributed by atoms with E-state index in [1.165, 1.54) is 4.57 Å². The molecule has 4 aromatic rings. The van der Waals surface area contributed by atoms with Crippen LogP contribution >= 0.6 is 11.6 Å². The summed E-state index contributed by atoms with van der Waals surface area (Å²) in [5, 5.41) is 12.3. The summed E-state index contributed by atoms with van der Waals surface area (Å²) in [6.45, 7) is 1.36. The Kier molecular flexibility index (Phi) is 6.71. The van der Waals surface area contributed by atoms with Crippen molar-refractivity contribution in [3.63, 3.8) is 0 Å². The summed E-state index contributed by atoms with van der Waals surface area (Å²) in [4.78, 5) is 45.0. The first-order chi connectivity index (χ1) is 17.8. The number of carbonyl (C=O) groups excluding carboxylic acids is 1. The number of benzene rings is 2. The minimum atomic E-state index is -1.07. The smallest absolute Gasteiger partial charge is 0.404 e. The molecule has 1 aliphatic heterocycles. The Labute approximate surface area is 217 Å². The van der Waals surface area contributed by atoms with Crippen LogP contribution in [0.5, 0.6) is 0 Å². The Hall–Kier alpha value is -4.11. The van der Waals surface area contributed by atoms with E-state index in [1.54, 1.807) is 43.4 Å². The molecule has 10 heteroatoms. The van der Waals surface area contributed by atoms with E-state index in [4.69, 9.17) is 16.6 Å². The van der Waals surface area contributed by atoms with Gasteiger partial charge < -0.3 is 24.5 Å². The van der Waals surface area contributed by atoms with Gasteiger partial charge in [0.15, 0.2) is 0 Å². The summed E-state index contributed by atoms with van der Waals surface area (Å²) >= 11 is 6.47. The number of ketones is 1. The van der Waals surface area contributed by atoms with Gasteiger partial charge in [-0.25, -0.2) is 9.78 Å². The van der Waals surface area contributed by atoms with Crippen molar-refractivity contribution >= 4 is 40.5 Å². The van der Waals surface area contributed by atoms with Gasteiger partial charge in [0, 0.05) is 36.8 Å². The van der Waals surface area contributed by atoms with Gasteiger partial charge in [-0.05, 0) is 30.5 Å². The van der Waals surface area contributed by atoms with Gasteiger partial charge in [0.25, 0.3) is 5.56 Å². The van der Waals surface area contributed by atoms with Crippen LogP contribution in [-0.2, 0) is 13.6 Å². The highest BCUT2D eigenvalue weighted by Gasteiger charge is 2.28. The lowest BCUT2D eigenvalue weighted by Gasteiger charge is -2.33. The van der Waals surface area contributed by atoms with Crippen molar-refractivity contribution < 1.29 is 14.7 Å². The second-order valence-corrected chi connectivity index (χ2v) is 9.55. The van der Waals surface area contributed by atoms with Gasteiger partial charge >= 0.3 is 6.09 Å². The van der Waals surface area contributed by atoms with E-state index in [9.17, 15) is 19.5 Å². The van der Waals surface area contributed by atoms with Crippen LogP contribution in [-0.4, -0.2) is 50.2 Å².